The minimum absolute atomic E-state index is 0.0530. The fraction of sp³-hybridized carbons (Fsp3) is 0.417. The van der Waals surface area contributed by atoms with Crippen molar-refractivity contribution in [2.75, 3.05) is 6.54 Å². The maximum atomic E-state index is 11.6. The first-order valence-corrected chi connectivity index (χ1v) is 5.08. The van der Waals surface area contributed by atoms with Crippen LogP contribution in [-0.4, -0.2) is 12.5 Å². The van der Waals surface area contributed by atoms with Crippen molar-refractivity contribution in [2.24, 2.45) is 0 Å². The number of carbonyl (C=O) groups is 1. The predicted octanol–water partition coefficient (Wildman–Crippen LogP) is 2.32. The Kier molecular flexibility index (Phi) is 4.17. The Hall–Kier alpha value is -1.31. The molecule has 1 aromatic carbocycles. The van der Waals surface area contributed by atoms with Gasteiger partial charge in [-0.1, -0.05) is 37.3 Å². The van der Waals surface area contributed by atoms with E-state index in [1.807, 2.05) is 44.2 Å². The van der Waals surface area contributed by atoms with Crippen LogP contribution >= 0.6 is 0 Å². The Labute approximate surface area is 85.3 Å². The molecule has 0 heterocycles. The molecule has 76 valence electrons. The zero-order valence-corrected chi connectivity index (χ0v) is 8.79. The van der Waals surface area contributed by atoms with Crippen LogP contribution in [-0.2, 0) is 4.79 Å². The smallest absolute Gasteiger partial charge is 0.227 e. The van der Waals surface area contributed by atoms with E-state index in [0.717, 1.165) is 18.5 Å². The lowest BCUT2D eigenvalue weighted by Crippen LogP contribution is -2.28. The Morgan fingerprint density at radius 1 is 1.36 bits per heavy atom. The molecule has 1 N–H and O–H groups in total. The van der Waals surface area contributed by atoms with Gasteiger partial charge in [0.05, 0.1) is 5.92 Å². The summed E-state index contributed by atoms with van der Waals surface area (Å²) in [5.41, 5.74) is 1.07. The molecule has 1 amide bonds. The lowest BCUT2D eigenvalue weighted by Gasteiger charge is -2.11. The van der Waals surface area contributed by atoms with Crippen LogP contribution in [0.15, 0.2) is 30.3 Å². The largest absolute Gasteiger partial charge is 0.356 e. The molecule has 14 heavy (non-hydrogen) atoms. The number of hydrogen-bond acceptors (Lipinski definition) is 1. The molecule has 0 fully saturated rings. The molecule has 0 radical (unpaired) electrons. The second-order valence-corrected chi connectivity index (χ2v) is 3.42. The molecule has 0 aliphatic heterocycles. The summed E-state index contributed by atoms with van der Waals surface area (Å²) in [4.78, 5) is 11.6. The van der Waals surface area contributed by atoms with Crippen molar-refractivity contribution >= 4 is 5.91 Å². The highest BCUT2D eigenvalue weighted by Gasteiger charge is 2.13. The Balaban J connectivity index is 2.57. The molecule has 0 aliphatic rings. The number of nitrogens with one attached hydrogen (secondary N) is 1. The third-order valence-corrected chi connectivity index (χ3v) is 2.24. The van der Waals surface area contributed by atoms with Gasteiger partial charge in [0.15, 0.2) is 0 Å². The Morgan fingerprint density at radius 3 is 2.57 bits per heavy atom. The molecule has 1 rings (SSSR count). The van der Waals surface area contributed by atoms with E-state index in [0.29, 0.717) is 0 Å². The molecule has 0 bridgehead atoms. The van der Waals surface area contributed by atoms with E-state index < -0.39 is 0 Å². The van der Waals surface area contributed by atoms with Gasteiger partial charge in [0.2, 0.25) is 5.91 Å². The zero-order chi connectivity index (χ0) is 10.4. The molecule has 1 atom stereocenters. The molecule has 0 aliphatic carbocycles. The number of amides is 1. The standard InChI is InChI=1S/C12H17NO/c1-3-9-13-12(14)10(2)11-7-5-4-6-8-11/h4-8,10H,3,9H2,1-2H3,(H,13,14)/t10-/m0/s1. The average Bonchev–Trinajstić information content (AvgIpc) is 2.26. The van der Waals surface area contributed by atoms with Crippen LogP contribution in [0.3, 0.4) is 0 Å². The number of carbonyl (C=O) groups excluding carboxylic acids is 1. The van der Waals surface area contributed by atoms with Crippen LogP contribution < -0.4 is 5.32 Å². The summed E-state index contributed by atoms with van der Waals surface area (Å²) in [7, 11) is 0. The molecule has 2 nitrogen and oxygen atoms in total. The van der Waals surface area contributed by atoms with Crippen molar-refractivity contribution in [3.63, 3.8) is 0 Å². The minimum atomic E-state index is -0.0530. The fourth-order valence-corrected chi connectivity index (χ4v) is 1.29. The predicted molar refractivity (Wildman–Crippen MR) is 58.2 cm³/mol. The summed E-state index contributed by atoms with van der Waals surface area (Å²) in [5, 5.41) is 2.89. The molecule has 0 aromatic heterocycles. The summed E-state index contributed by atoms with van der Waals surface area (Å²) >= 11 is 0. The van der Waals surface area contributed by atoms with E-state index >= 15 is 0 Å². The monoisotopic (exact) mass is 191 g/mol. The number of hydrogen-bond donors (Lipinski definition) is 1. The number of rotatable bonds is 4. The van der Waals surface area contributed by atoms with Crippen LogP contribution in [0.4, 0.5) is 0 Å². The lowest BCUT2D eigenvalue weighted by molar-refractivity contribution is -0.122. The van der Waals surface area contributed by atoms with E-state index in [2.05, 4.69) is 5.32 Å². The first-order chi connectivity index (χ1) is 6.75. The molecular formula is C12H17NO. The minimum Gasteiger partial charge on any atom is -0.356 e. The second-order valence-electron chi connectivity index (χ2n) is 3.42. The van der Waals surface area contributed by atoms with Crippen molar-refractivity contribution in [2.45, 2.75) is 26.2 Å². The average molecular weight is 191 g/mol. The van der Waals surface area contributed by atoms with E-state index in [1.54, 1.807) is 0 Å². The van der Waals surface area contributed by atoms with Crippen LogP contribution in [0.5, 0.6) is 0 Å². The molecule has 0 unspecified atom stereocenters. The van der Waals surface area contributed by atoms with E-state index in [9.17, 15) is 4.79 Å². The van der Waals surface area contributed by atoms with Gasteiger partial charge in [0.1, 0.15) is 0 Å². The molecule has 2 heteroatoms. The van der Waals surface area contributed by atoms with Crippen LogP contribution in [0.25, 0.3) is 0 Å². The van der Waals surface area contributed by atoms with Crippen molar-refractivity contribution in [1.29, 1.82) is 0 Å². The van der Waals surface area contributed by atoms with Gasteiger partial charge in [0, 0.05) is 6.54 Å². The highest BCUT2D eigenvalue weighted by Crippen LogP contribution is 2.13. The lowest BCUT2D eigenvalue weighted by atomic mass is 10.0. The van der Waals surface area contributed by atoms with Crippen LogP contribution in [0.2, 0.25) is 0 Å². The topological polar surface area (TPSA) is 29.1 Å². The van der Waals surface area contributed by atoms with Gasteiger partial charge in [-0.2, -0.15) is 0 Å². The van der Waals surface area contributed by atoms with Gasteiger partial charge in [-0.05, 0) is 18.9 Å². The van der Waals surface area contributed by atoms with E-state index in [4.69, 9.17) is 0 Å². The second kappa shape index (κ2) is 5.43. The van der Waals surface area contributed by atoms with Gasteiger partial charge < -0.3 is 5.32 Å². The number of benzene rings is 1. The van der Waals surface area contributed by atoms with Crippen molar-refractivity contribution in [1.82, 2.24) is 5.32 Å². The molecule has 1 aromatic rings. The molecule has 0 saturated heterocycles. The van der Waals surface area contributed by atoms with Gasteiger partial charge in [-0.15, -0.1) is 0 Å². The quantitative estimate of drug-likeness (QED) is 0.777. The van der Waals surface area contributed by atoms with Crippen molar-refractivity contribution in [3.05, 3.63) is 35.9 Å². The maximum absolute atomic E-state index is 11.6. The Morgan fingerprint density at radius 2 is 2.00 bits per heavy atom. The first-order valence-electron chi connectivity index (χ1n) is 5.08. The van der Waals surface area contributed by atoms with Gasteiger partial charge in [0.25, 0.3) is 0 Å². The summed E-state index contributed by atoms with van der Waals surface area (Å²) in [6.45, 7) is 4.74. The third-order valence-electron chi connectivity index (χ3n) is 2.24. The summed E-state index contributed by atoms with van der Waals surface area (Å²) < 4.78 is 0. The van der Waals surface area contributed by atoms with Gasteiger partial charge in [-0.3, -0.25) is 4.79 Å². The maximum Gasteiger partial charge on any atom is 0.227 e. The molecule has 0 saturated carbocycles. The van der Waals surface area contributed by atoms with E-state index in [-0.39, 0.29) is 11.8 Å². The fourth-order valence-electron chi connectivity index (χ4n) is 1.29. The normalized spacial score (nSPS) is 12.1. The van der Waals surface area contributed by atoms with Crippen LogP contribution in [0, 0.1) is 0 Å². The third kappa shape index (κ3) is 2.87. The van der Waals surface area contributed by atoms with Crippen molar-refractivity contribution < 1.29 is 4.79 Å². The summed E-state index contributed by atoms with van der Waals surface area (Å²) in [6, 6.07) is 9.84. The van der Waals surface area contributed by atoms with Gasteiger partial charge in [-0.25, -0.2) is 0 Å². The highest BCUT2D eigenvalue weighted by atomic mass is 16.1. The SMILES string of the molecule is CCCNC(=O)[C@@H](C)c1ccccc1. The summed E-state index contributed by atoms with van der Waals surface area (Å²) in [6.07, 6.45) is 0.979. The van der Waals surface area contributed by atoms with Crippen LogP contribution in [0.1, 0.15) is 31.7 Å². The molecular weight excluding hydrogens is 174 g/mol. The first kappa shape index (κ1) is 10.8. The van der Waals surface area contributed by atoms with Gasteiger partial charge >= 0.3 is 0 Å². The van der Waals surface area contributed by atoms with E-state index in [1.165, 1.54) is 0 Å². The Bertz CT molecular complexity index is 282. The molecule has 0 spiro atoms. The summed E-state index contributed by atoms with van der Waals surface area (Å²) in [5.74, 6) is 0.0563. The zero-order valence-electron chi connectivity index (χ0n) is 8.79. The highest BCUT2D eigenvalue weighted by molar-refractivity contribution is 5.83. The van der Waals surface area contributed by atoms with Crippen molar-refractivity contribution in [3.8, 4) is 0 Å².